The van der Waals surface area contributed by atoms with Crippen molar-refractivity contribution in [1.82, 2.24) is 0 Å². The van der Waals surface area contributed by atoms with Gasteiger partial charge in [0.05, 0.1) is 11.1 Å². The summed E-state index contributed by atoms with van der Waals surface area (Å²) in [5, 5.41) is 0. The van der Waals surface area contributed by atoms with Gasteiger partial charge in [-0.1, -0.05) is 34.1 Å². The third kappa shape index (κ3) is 5.69. The van der Waals surface area contributed by atoms with Crippen molar-refractivity contribution in [1.29, 1.82) is 0 Å². The maximum atomic E-state index is 13.5. The van der Waals surface area contributed by atoms with E-state index in [2.05, 4.69) is 36.9 Å². The van der Waals surface area contributed by atoms with E-state index in [-0.39, 0.29) is 24.0 Å². The van der Waals surface area contributed by atoms with Gasteiger partial charge in [-0.05, 0) is 82.5 Å². The molecular formula is C25H18Br2FNO4. The summed E-state index contributed by atoms with van der Waals surface area (Å²) in [6.07, 6.45) is 1.62. The van der Waals surface area contributed by atoms with Crippen molar-refractivity contribution < 1.29 is 23.4 Å². The van der Waals surface area contributed by atoms with Crippen LogP contribution in [0.3, 0.4) is 0 Å². The van der Waals surface area contributed by atoms with Crippen molar-refractivity contribution >= 4 is 49.8 Å². The van der Waals surface area contributed by atoms with E-state index in [1.54, 1.807) is 30.3 Å². The van der Waals surface area contributed by atoms with Crippen LogP contribution in [0.4, 0.5) is 4.39 Å². The Kier molecular flexibility index (Phi) is 7.25. The SMILES string of the molecule is CCOc1cc(/C=C2\N=C(c3cccc(Br)c3)OC2=O)cc(Br)c1OCc1cccc(F)c1. The molecule has 0 saturated carbocycles. The van der Waals surface area contributed by atoms with Crippen molar-refractivity contribution in [3.63, 3.8) is 0 Å². The molecule has 168 valence electrons. The smallest absolute Gasteiger partial charge is 0.363 e. The molecule has 1 heterocycles. The summed E-state index contributed by atoms with van der Waals surface area (Å²) >= 11 is 6.91. The second kappa shape index (κ2) is 10.3. The fraction of sp³-hybridized carbons (Fsp3) is 0.120. The molecule has 0 aliphatic carbocycles. The Bertz CT molecular complexity index is 1270. The summed E-state index contributed by atoms with van der Waals surface area (Å²) in [6.45, 7) is 2.44. The average Bonchev–Trinajstić information content (AvgIpc) is 3.14. The third-order valence-electron chi connectivity index (χ3n) is 4.60. The third-order valence-corrected chi connectivity index (χ3v) is 5.68. The highest BCUT2D eigenvalue weighted by atomic mass is 79.9. The van der Waals surface area contributed by atoms with E-state index in [4.69, 9.17) is 14.2 Å². The first-order valence-electron chi connectivity index (χ1n) is 10.0. The van der Waals surface area contributed by atoms with Crippen molar-refractivity contribution in [3.05, 3.63) is 97.8 Å². The number of carbonyl (C=O) groups is 1. The second-order valence-electron chi connectivity index (χ2n) is 7.03. The van der Waals surface area contributed by atoms with Crippen LogP contribution in [0.2, 0.25) is 0 Å². The molecule has 0 amide bonds. The lowest BCUT2D eigenvalue weighted by atomic mass is 10.1. The number of benzene rings is 3. The average molecular weight is 575 g/mol. The second-order valence-corrected chi connectivity index (χ2v) is 8.80. The number of hydrogen-bond donors (Lipinski definition) is 0. The molecule has 4 rings (SSSR count). The van der Waals surface area contributed by atoms with Crippen molar-refractivity contribution in [2.45, 2.75) is 13.5 Å². The summed E-state index contributed by atoms with van der Waals surface area (Å²) < 4.78 is 31.9. The van der Waals surface area contributed by atoms with Crippen molar-refractivity contribution in [3.8, 4) is 11.5 Å². The first kappa shape index (κ1) is 23.2. The lowest BCUT2D eigenvalue weighted by Gasteiger charge is -2.15. The minimum absolute atomic E-state index is 0.170. The first-order chi connectivity index (χ1) is 15.9. The monoisotopic (exact) mass is 573 g/mol. The zero-order valence-electron chi connectivity index (χ0n) is 17.5. The number of cyclic esters (lactones) is 1. The lowest BCUT2D eigenvalue weighted by Crippen LogP contribution is -2.05. The molecule has 0 radical (unpaired) electrons. The van der Waals surface area contributed by atoms with Gasteiger partial charge in [-0.25, -0.2) is 14.2 Å². The van der Waals surface area contributed by atoms with E-state index in [0.717, 1.165) is 4.47 Å². The van der Waals surface area contributed by atoms with Gasteiger partial charge in [-0.2, -0.15) is 0 Å². The Balaban J connectivity index is 1.61. The molecule has 0 aromatic heterocycles. The minimum atomic E-state index is -0.537. The van der Waals surface area contributed by atoms with E-state index >= 15 is 0 Å². The number of rotatable bonds is 7. The minimum Gasteiger partial charge on any atom is -0.490 e. The number of halogens is 3. The van der Waals surface area contributed by atoms with Gasteiger partial charge in [0, 0.05) is 10.0 Å². The molecule has 0 fully saturated rings. The highest BCUT2D eigenvalue weighted by molar-refractivity contribution is 9.10. The quantitative estimate of drug-likeness (QED) is 0.233. The molecule has 3 aromatic rings. The van der Waals surface area contributed by atoms with Gasteiger partial charge < -0.3 is 14.2 Å². The Morgan fingerprint density at radius 2 is 1.88 bits per heavy atom. The van der Waals surface area contributed by atoms with Crippen molar-refractivity contribution in [2.75, 3.05) is 6.61 Å². The van der Waals surface area contributed by atoms with Gasteiger partial charge in [0.1, 0.15) is 12.4 Å². The number of carbonyl (C=O) groups excluding carboxylic acids is 1. The van der Waals surface area contributed by atoms with Crippen LogP contribution < -0.4 is 9.47 Å². The maximum absolute atomic E-state index is 13.5. The van der Waals surface area contributed by atoms with Crippen LogP contribution in [0, 0.1) is 5.82 Å². The van der Waals surface area contributed by atoms with Gasteiger partial charge in [-0.15, -0.1) is 0 Å². The zero-order chi connectivity index (χ0) is 23.4. The van der Waals surface area contributed by atoms with E-state index in [1.165, 1.54) is 12.1 Å². The van der Waals surface area contributed by atoms with Crippen LogP contribution in [-0.4, -0.2) is 18.5 Å². The van der Waals surface area contributed by atoms with E-state index < -0.39 is 5.97 Å². The normalized spacial score (nSPS) is 14.2. The summed E-state index contributed by atoms with van der Waals surface area (Å²) in [4.78, 5) is 16.7. The molecule has 8 heteroatoms. The molecule has 1 aliphatic heterocycles. The fourth-order valence-electron chi connectivity index (χ4n) is 3.17. The predicted molar refractivity (Wildman–Crippen MR) is 131 cm³/mol. The van der Waals surface area contributed by atoms with Gasteiger partial charge in [0.25, 0.3) is 0 Å². The highest BCUT2D eigenvalue weighted by Gasteiger charge is 2.24. The van der Waals surface area contributed by atoms with Crippen LogP contribution in [0.1, 0.15) is 23.6 Å². The zero-order valence-corrected chi connectivity index (χ0v) is 20.7. The van der Waals surface area contributed by atoms with Crippen LogP contribution >= 0.6 is 31.9 Å². The van der Waals surface area contributed by atoms with E-state index in [1.807, 2.05) is 31.2 Å². The maximum Gasteiger partial charge on any atom is 0.363 e. The Labute approximate surface area is 207 Å². The standard InChI is InChI=1S/C25H18Br2FNO4/c1-2-31-22-12-16(10-20(27)23(22)32-14-15-5-3-8-19(28)9-15)11-21-25(30)33-24(29-21)17-6-4-7-18(26)13-17/h3-13H,2,14H2,1H3/b21-11-. The van der Waals surface area contributed by atoms with E-state index in [0.29, 0.717) is 39.3 Å². The number of nitrogens with zero attached hydrogens (tertiary/aromatic N) is 1. The Morgan fingerprint density at radius 3 is 2.64 bits per heavy atom. The molecule has 0 spiro atoms. The van der Waals surface area contributed by atoms with Crippen LogP contribution in [0.15, 0.2) is 80.3 Å². The summed E-state index contributed by atoms with van der Waals surface area (Å²) in [5.74, 6) is 0.346. The molecule has 3 aromatic carbocycles. The number of ether oxygens (including phenoxy) is 3. The molecular weight excluding hydrogens is 557 g/mol. The predicted octanol–water partition coefficient (Wildman–Crippen LogP) is 6.67. The Hall–Kier alpha value is -2.97. The first-order valence-corrected chi connectivity index (χ1v) is 11.6. The number of aliphatic imine (C=N–C) groups is 1. The Morgan fingerprint density at radius 1 is 1.06 bits per heavy atom. The fourth-order valence-corrected chi connectivity index (χ4v) is 4.14. The summed E-state index contributed by atoms with van der Waals surface area (Å²) in [6, 6.07) is 17.1. The van der Waals surface area contributed by atoms with Crippen LogP contribution in [0.5, 0.6) is 11.5 Å². The number of esters is 1. The molecule has 0 atom stereocenters. The van der Waals surface area contributed by atoms with Gasteiger partial charge in [-0.3, -0.25) is 0 Å². The summed E-state index contributed by atoms with van der Waals surface area (Å²) in [7, 11) is 0. The van der Waals surface area contributed by atoms with Gasteiger partial charge in [0.15, 0.2) is 17.2 Å². The lowest BCUT2D eigenvalue weighted by molar-refractivity contribution is -0.129. The van der Waals surface area contributed by atoms with Gasteiger partial charge >= 0.3 is 5.97 Å². The molecule has 1 aliphatic rings. The molecule has 0 N–H and O–H groups in total. The molecule has 0 unspecified atom stereocenters. The van der Waals surface area contributed by atoms with E-state index in [9.17, 15) is 9.18 Å². The topological polar surface area (TPSA) is 57.1 Å². The molecule has 0 saturated heterocycles. The van der Waals surface area contributed by atoms with Gasteiger partial charge in [0.2, 0.25) is 5.90 Å². The largest absolute Gasteiger partial charge is 0.490 e. The number of hydrogen-bond acceptors (Lipinski definition) is 5. The van der Waals surface area contributed by atoms with Crippen molar-refractivity contribution in [2.24, 2.45) is 4.99 Å². The molecule has 33 heavy (non-hydrogen) atoms. The summed E-state index contributed by atoms with van der Waals surface area (Å²) in [5.41, 5.74) is 2.24. The molecule has 5 nitrogen and oxygen atoms in total. The highest BCUT2D eigenvalue weighted by Crippen LogP contribution is 2.38. The van der Waals surface area contributed by atoms with Crippen LogP contribution in [0.25, 0.3) is 6.08 Å². The van der Waals surface area contributed by atoms with Crippen LogP contribution in [-0.2, 0) is 16.1 Å². The molecule has 0 bridgehead atoms.